The monoisotopic (exact) mass is 222 g/mol. The van der Waals surface area contributed by atoms with Gasteiger partial charge in [0.05, 0.1) is 0 Å². The second-order valence-electron chi connectivity index (χ2n) is 4.88. The highest BCUT2D eigenvalue weighted by Crippen LogP contribution is 2.20. The van der Waals surface area contributed by atoms with Crippen molar-refractivity contribution < 1.29 is 4.74 Å². The van der Waals surface area contributed by atoms with E-state index >= 15 is 0 Å². The summed E-state index contributed by atoms with van der Waals surface area (Å²) in [5.74, 6) is 0. The standard InChI is InChI=1S/C13H22N2O/c1-3-15-7-4-12(11-15)10-14-13(2)5-8-16-9-6-13/h4,7,11,14H,3,5-6,8-10H2,1-2H3. The highest BCUT2D eigenvalue weighted by Gasteiger charge is 2.26. The van der Waals surface area contributed by atoms with Crippen LogP contribution in [0.15, 0.2) is 18.5 Å². The zero-order valence-electron chi connectivity index (χ0n) is 10.3. The van der Waals surface area contributed by atoms with Crippen molar-refractivity contribution in [2.75, 3.05) is 13.2 Å². The Kier molecular flexibility index (Phi) is 3.66. The highest BCUT2D eigenvalue weighted by molar-refractivity contribution is 5.10. The van der Waals surface area contributed by atoms with Crippen molar-refractivity contribution >= 4 is 0 Å². The number of aryl methyl sites for hydroxylation is 1. The molecule has 0 aromatic carbocycles. The highest BCUT2D eigenvalue weighted by atomic mass is 16.5. The van der Waals surface area contributed by atoms with Crippen LogP contribution in [-0.2, 0) is 17.8 Å². The molecule has 0 unspecified atom stereocenters. The Morgan fingerprint density at radius 1 is 1.44 bits per heavy atom. The first-order chi connectivity index (χ1) is 7.72. The van der Waals surface area contributed by atoms with Crippen LogP contribution in [0.1, 0.15) is 32.3 Å². The van der Waals surface area contributed by atoms with Gasteiger partial charge in [-0.25, -0.2) is 0 Å². The van der Waals surface area contributed by atoms with Crippen molar-refractivity contribution in [2.24, 2.45) is 0 Å². The van der Waals surface area contributed by atoms with E-state index in [0.717, 1.165) is 39.1 Å². The smallest absolute Gasteiger partial charge is 0.0483 e. The van der Waals surface area contributed by atoms with Crippen molar-refractivity contribution in [3.05, 3.63) is 24.0 Å². The second-order valence-corrected chi connectivity index (χ2v) is 4.88. The Balaban J connectivity index is 1.86. The lowest BCUT2D eigenvalue weighted by Crippen LogP contribution is -2.46. The van der Waals surface area contributed by atoms with Gasteiger partial charge in [0.25, 0.3) is 0 Å². The SMILES string of the molecule is CCn1ccc(CNC2(C)CCOCC2)c1. The fraction of sp³-hybridized carbons (Fsp3) is 0.692. The topological polar surface area (TPSA) is 26.2 Å². The van der Waals surface area contributed by atoms with Gasteiger partial charge in [-0.3, -0.25) is 0 Å². The zero-order chi connectivity index (χ0) is 11.4. The van der Waals surface area contributed by atoms with Gasteiger partial charge in [-0.1, -0.05) is 0 Å². The van der Waals surface area contributed by atoms with Gasteiger partial charge in [-0.15, -0.1) is 0 Å². The third-order valence-corrected chi connectivity index (χ3v) is 3.49. The quantitative estimate of drug-likeness (QED) is 0.845. The Hall–Kier alpha value is -0.800. The average molecular weight is 222 g/mol. The lowest BCUT2D eigenvalue weighted by Gasteiger charge is -2.34. The fourth-order valence-electron chi connectivity index (χ4n) is 2.11. The molecule has 90 valence electrons. The molecular formula is C13H22N2O. The van der Waals surface area contributed by atoms with Gasteiger partial charge >= 0.3 is 0 Å². The first kappa shape index (κ1) is 11.7. The minimum absolute atomic E-state index is 0.257. The van der Waals surface area contributed by atoms with Crippen LogP contribution >= 0.6 is 0 Å². The van der Waals surface area contributed by atoms with Gasteiger partial charge < -0.3 is 14.6 Å². The molecular weight excluding hydrogens is 200 g/mol. The average Bonchev–Trinajstić information content (AvgIpc) is 2.75. The van der Waals surface area contributed by atoms with E-state index in [1.165, 1.54) is 5.56 Å². The van der Waals surface area contributed by atoms with Crippen molar-refractivity contribution in [3.8, 4) is 0 Å². The third-order valence-electron chi connectivity index (χ3n) is 3.49. The van der Waals surface area contributed by atoms with Crippen LogP contribution in [0.4, 0.5) is 0 Å². The van der Waals surface area contributed by atoms with Gasteiger partial charge in [0.2, 0.25) is 0 Å². The van der Waals surface area contributed by atoms with Crippen LogP contribution in [0.5, 0.6) is 0 Å². The molecule has 0 amide bonds. The molecule has 16 heavy (non-hydrogen) atoms. The van der Waals surface area contributed by atoms with Crippen LogP contribution in [0, 0.1) is 0 Å². The zero-order valence-corrected chi connectivity index (χ0v) is 10.3. The number of hydrogen-bond donors (Lipinski definition) is 1. The van der Waals surface area contributed by atoms with Crippen molar-refractivity contribution in [2.45, 2.75) is 45.3 Å². The predicted octanol–water partition coefficient (Wildman–Crippen LogP) is 2.17. The number of ether oxygens (including phenoxy) is 1. The molecule has 2 rings (SSSR count). The van der Waals surface area contributed by atoms with Gasteiger partial charge in [0.15, 0.2) is 0 Å². The van der Waals surface area contributed by atoms with E-state index < -0.39 is 0 Å². The van der Waals surface area contributed by atoms with Crippen molar-refractivity contribution in [1.29, 1.82) is 0 Å². The predicted molar refractivity (Wildman–Crippen MR) is 65.4 cm³/mol. The van der Waals surface area contributed by atoms with Crippen molar-refractivity contribution in [3.63, 3.8) is 0 Å². The lowest BCUT2D eigenvalue weighted by molar-refractivity contribution is 0.0446. The van der Waals surface area contributed by atoms with Crippen LogP contribution in [0.25, 0.3) is 0 Å². The molecule has 1 fully saturated rings. The number of aromatic nitrogens is 1. The van der Waals surface area contributed by atoms with E-state index in [1.807, 2.05) is 0 Å². The maximum absolute atomic E-state index is 5.39. The molecule has 1 aliphatic heterocycles. The van der Waals surface area contributed by atoms with E-state index in [1.54, 1.807) is 0 Å². The Bertz CT molecular complexity index is 326. The summed E-state index contributed by atoms with van der Waals surface area (Å²) in [5.41, 5.74) is 1.63. The summed E-state index contributed by atoms with van der Waals surface area (Å²) in [6.45, 7) is 8.25. The van der Waals surface area contributed by atoms with E-state index in [0.29, 0.717) is 0 Å². The van der Waals surface area contributed by atoms with E-state index in [2.05, 4.69) is 42.2 Å². The Morgan fingerprint density at radius 2 is 2.19 bits per heavy atom. The Labute approximate surface area is 97.8 Å². The number of rotatable bonds is 4. The third kappa shape index (κ3) is 2.86. The Morgan fingerprint density at radius 3 is 2.81 bits per heavy atom. The molecule has 1 aromatic rings. The molecule has 0 radical (unpaired) electrons. The summed E-state index contributed by atoms with van der Waals surface area (Å²) in [4.78, 5) is 0. The van der Waals surface area contributed by atoms with Crippen LogP contribution in [0.2, 0.25) is 0 Å². The maximum Gasteiger partial charge on any atom is 0.0483 e. The summed E-state index contributed by atoms with van der Waals surface area (Å²) >= 11 is 0. The van der Waals surface area contributed by atoms with E-state index in [4.69, 9.17) is 4.74 Å². The summed E-state index contributed by atoms with van der Waals surface area (Å²) < 4.78 is 7.61. The molecule has 0 bridgehead atoms. The minimum Gasteiger partial charge on any atom is -0.381 e. The molecule has 0 atom stereocenters. The normalized spacial score (nSPS) is 19.9. The van der Waals surface area contributed by atoms with Gasteiger partial charge in [-0.05, 0) is 38.3 Å². The number of hydrogen-bond acceptors (Lipinski definition) is 2. The fourth-order valence-corrected chi connectivity index (χ4v) is 2.11. The lowest BCUT2D eigenvalue weighted by atomic mass is 9.92. The maximum atomic E-state index is 5.39. The molecule has 0 aliphatic carbocycles. The molecule has 0 spiro atoms. The van der Waals surface area contributed by atoms with Crippen LogP contribution in [-0.4, -0.2) is 23.3 Å². The molecule has 3 nitrogen and oxygen atoms in total. The molecule has 1 aliphatic rings. The van der Waals surface area contributed by atoms with Crippen molar-refractivity contribution in [1.82, 2.24) is 9.88 Å². The molecule has 0 saturated carbocycles. The number of nitrogens with one attached hydrogen (secondary N) is 1. The van der Waals surface area contributed by atoms with Gasteiger partial charge in [0.1, 0.15) is 0 Å². The molecule has 1 saturated heterocycles. The van der Waals surface area contributed by atoms with Crippen LogP contribution < -0.4 is 5.32 Å². The summed E-state index contributed by atoms with van der Waals surface area (Å²) in [5, 5.41) is 3.66. The van der Waals surface area contributed by atoms with Gasteiger partial charge in [0, 0.05) is 44.2 Å². The summed E-state index contributed by atoms with van der Waals surface area (Å²) in [6.07, 6.45) is 6.59. The first-order valence-corrected chi connectivity index (χ1v) is 6.19. The second kappa shape index (κ2) is 5.02. The molecule has 1 N–H and O–H groups in total. The number of nitrogens with zero attached hydrogens (tertiary/aromatic N) is 1. The molecule has 2 heterocycles. The summed E-state index contributed by atoms with van der Waals surface area (Å²) in [7, 11) is 0. The van der Waals surface area contributed by atoms with E-state index in [-0.39, 0.29) is 5.54 Å². The van der Waals surface area contributed by atoms with Gasteiger partial charge in [-0.2, -0.15) is 0 Å². The van der Waals surface area contributed by atoms with Crippen LogP contribution in [0.3, 0.4) is 0 Å². The largest absolute Gasteiger partial charge is 0.381 e. The minimum atomic E-state index is 0.257. The molecule has 1 aromatic heterocycles. The molecule has 3 heteroatoms. The van der Waals surface area contributed by atoms with E-state index in [9.17, 15) is 0 Å². The summed E-state index contributed by atoms with van der Waals surface area (Å²) in [6, 6.07) is 2.19. The first-order valence-electron chi connectivity index (χ1n) is 6.19.